The van der Waals surface area contributed by atoms with Gasteiger partial charge in [-0.1, -0.05) is 18.2 Å². The fourth-order valence-electron chi connectivity index (χ4n) is 2.70. The number of hydrogen-bond donors (Lipinski definition) is 2. The van der Waals surface area contributed by atoms with Crippen molar-refractivity contribution in [1.29, 1.82) is 0 Å². The first-order chi connectivity index (χ1) is 13.5. The molecule has 0 aliphatic heterocycles. The van der Waals surface area contributed by atoms with Gasteiger partial charge in [-0.3, -0.25) is 0 Å². The third-order valence-corrected chi connectivity index (χ3v) is 4.32. The number of fused-ring (bicyclic) bond motifs is 1. The molecule has 28 heavy (non-hydrogen) atoms. The van der Waals surface area contributed by atoms with Crippen LogP contribution in [-0.2, 0) is 0 Å². The number of rotatable bonds is 8. The zero-order valence-electron chi connectivity index (χ0n) is 16.4. The maximum Gasteiger partial charge on any atom is 0.167 e. The molecule has 0 aliphatic carbocycles. The molecule has 2 N–H and O–H groups in total. The maximum atomic E-state index is 9.44. The van der Waals surface area contributed by atoms with Crippen LogP contribution < -0.4 is 5.32 Å². The number of imidazole rings is 1. The Hall–Kier alpha value is -3.35. The van der Waals surface area contributed by atoms with Crippen LogP contribution in [0.3, 0.4) is 0 Å². The van der Waals surface area contributed by atoms with E-state index < -0.39 is 0 Å². The number of aliphatic hydroxyl groups is 1. The molecule has 0 aromatic carbocycles. The van der Waals surface area contributed by atoms with E-state index >= 15 is 0 Å². The van der Waals surface area contributed by atoms with Gasteiger partial charge in [0.05, 0.1) is 18.2 Å². The van der Waals surface area contributed by atoms with Crippen LogP contribution in [0.4, 0.5) is 5.82 Å². The Morgan fingerprint density at radius 3 is 2.86 bits per heavy atom. The Morgan fingerprint density at radius 2 is 2.18 bits per heavy atom. The quantitative estimate of drug-likeness (QED) is 0.421. The average molecular weight is 379 g/mol. The van der Waals surface area contributed by atoms with Gasteiger partial charge in [-0.15, -0.1) is 0 Å². The second kappa shape index (κ2) is 8.56. The second-order valence-corrected chi connectivity index (χ2v) is 6.81. The maximum absolute atomic E-state index is 9.44. The summed E-state index contributed by atoms with van der Waals surface area (Å²) in [6, 6.07) is 2.08. The van der Waals surface area contributed by atoms with E-state index in [0.29, 0.717) is 18.2 Å². The third kappa shape index (κ3) is 4.31. The van der Waals surface area contributed by atoms with Gasteiger partial charge in [0.1, 0.15) is 17.5 Å². The lowest BCUT2D eigenvalue weighted by Crippen LogP contribution is -2.07. The number of nitrogens with zero attached hydrogens (tertiary/aromatic N) is 4. The average Bonchev–Trinajstić information content (AvgIpc) is 3.35. The number of anilines is 1. The van der Waals surface area contributed by atoms with Crippen molar-refractivity contribution in [2.45, 2.75) is 33.2 Å². The monoisotopic (exact) mass is 379 g/mol. The number of furan rings is 1. The highest BCUT2D eigenvalue weighted by Gasteiger charge is 2.16. The zero-order chi connectivity index (χ0) is 20.1. The molecule has 0 bridgehead atoms. The molecule has 3 aromatic heterocycles. The lowest BCUT2D eigenvalue weighted by molar-refractivity contribution is 0.433. The van der Waals surface area contributed by atoms with Crippen molar-refractivity contribution in [3.8, 4) is 11.4 Å². The highest BCUT2D eigenvalue weighted by molar-refractivity contribution is 5.85. The van der Waals surface area contributed by atoms with Crippen molar-refractivity contribution in [2.24, 2.45) is 0 Å². The van der Waals surface area contributed by atoms with Crippen LogP contribution in [0.25, 0.3) is 22.6 Å². The molecule has 0 spiro atoms. The normalized spacial score (nSPS) is 12.7. The molecule has 7 heteroatoms. The van der Waals surface area contributed by atoms with Crippen LogP contribution in [0, 0.1) is 0 Å². The van der Waals surface area contributed by atoms with Gasteiger partial charge in [0, 0.05) is 12.6 Å². The summed E-state index contributed by atoms with van der Waals surface area (Å²) in [4.78, 5) is 13.9. The molecule has 146 valence electrons. The van der Waals surface area contributed by atoms with Crippen molar-refractivity contribution in [2.75, 3.05) is 11.9 Å². The fourth-order valence-corrected chi connectivity index (χ4v) is 2.70. The smallest absolute Gasteiger partial charge is 0.167 e. The number of nitrogens with one attached hydrogen (secondary N) is 1. The van der Waals surface area contributed by atoms with Crippen molar-refractivity contribution < 1.29 is 9.52 Å². The van der Waals surface area contributed by atoms with E-state index in [0.717, 1.165) is 28.7 Å². The molecule has 7 nitrogen and oxygen atoms in total. The van der Waals surface area contributed by atoms with Crippen LogP contribution in [0.15, 0.2) is 65.5 Å². The molecule has 0 radical (unpaired) electrons. The Morgan fingerprint density at radius 1 is 1.36 bits per heavy atom. The summed E-state index contributed by atoms with van der Waals surface area (Å²) in [5, 5.41) is 12.8. The lowest BCUT2D eigenvalue weighted by Gasteiger charge is -2.11. The lowest BCUT2D eigenvalue weighted by atomic mass is 10.2. The summed E-state index contributed by atoms with van der Waals surface area (Å²) in [6.45, 7) is 10.4. The van der Waals surface area contributed by atoms with E-state index in [9.17, 15) is 5.11 Å². The summed E-state index contributed by atoms with van der Waals surface area (Å²) in [5.41, 5.74) is 3.47. The second-order valence-electron chi connectivity index (χ2n) is 6.81. The van der Waals surface area contributed by atoms with E-state index in [2.05, 4.69) is 35.7 Å². The van der Waals surface area contributed by atoms with Crippen LogP contribution in [0.2, 0.25) is 0 Å². The van der Waals surface area contributed by atoms with Crippen LogP contribution in [0.5, 0.6) is 0 Å². The minimum Gasteiger partial charge on any atom is -0.508 e. The highest BCUT2D eigenvalue weighted by atomic mass is 16.3. The first kappa shape index (κ1) is 19.4. The van der Waals surface area contributed by atoms with Gasteiger partial charge in [0.15, 0.2) is 17.3 Å². The van der Waals surface area contributed by atoms with Crippen LogP contribution in [-0.4, -0.2) is 31.2 Å². The highest BCUT2D eigenvalue weighted by Crippen LogP contribution is 2.26. The summed E-state index contributed by atoms with van der Waals surface area (Å²) in [7, 11) is 0. The molecule has 0 saturated heterocycles. The minimum atomic E-state index is 0.147. The van der Waals surface area contributed by atoms with E-state index in [1.54, 1.807) is 24.9 Å². The Balaban J connectivity index is 1.86. The zero-order valence-corrected chi connectivity index (χ0v) is 16.4. The molecular weight excluding hydrogens is 354 g/mol. The van der Waals surface area contributed by atoms with Crippen molar-refractivity contribution in [1.82, 2.24) is 19.5 Å². The first-order valence-corrected chi connectivity index (χ1v) is 9.19. The number of hydrogen-bond acceptors (Lipinski definition) is 6. The van der Waals surface area contributed by atoms with Gasteiger partial charge < -0.3 is 19.4 Å². The molecule has 0 aliphatic rings. The van der Waals surface area contributed by atoms with Crippen LogP contribution >= 0.6 is 0 Å². The van der Waals surface area contributed by atoms with Gasteiger partial charge in [0.25, 0.3) is 0 Å². The van der Waals surface area contributed by atoms with Gasteiger partial charge in [-0.2, -0.15) is 0 Å². The van der Waals surface area contributed by atoms with Gasteiger partial charge >= 0.3 is 0 Å². The van der Waals surface area contributed by atoms with Crippen molar-refractivity contribution >= 4 is 17.0 Å². The van der Waals surface area contributed by atoms with Gasteiger partial charge in [-0.05, 0) is 45.4 Å². The minimum absolute atomic E-state index is 0.147. The van der Waals surface area contributed by atoms with E-state index in [-0.39, 0.29) is 11.8 Å². The molecule has 0 atom stereocenters. The summed E-state index contributed by atoms with van der Waals surface area (Å²) >= 11 is 0. The number of aromatic nitrogens is 4. The summed E-state index contributed by atoms with van der Waals surface area (Å²) in [5.74, 6) is 1.43. The Labute approximate surface area is 164 Å². The molecule has 0 saturated carbocycles. The summed E-state index contributed by atoms with van der Waals surface area (Å²) in [6.07, 6.45) is 10.7. The molecule has 3 aromatic rings. The summed E-state index contributed by atoms with van der Waals surface area (Å²) < 4.78 is 7.21. The van der Waals surface area contributed by atoms with E-state index in [4.69, 9.17) is 9.40 Å². The van der Waals surface area contributed by atoms with E-state index in [1.165, 1.54) is 6.08 Å². The van der Waals surface area contributed by atoms with Crippen LogP contribution in [0.1, 0.15) is 33.2 Å². The predicted molar refractivity (Wildman–Crippen MR) is 111 cm³/mol. The molecule has 3 rings (SSSR count). The van der Waals surface area contributed by atoms with Gasteiger partial charge in [0.2, 0.25) is 0 Å². The first-order valence-electron chi connectivity index (χ1n) is 9.19. The third-order valence-electron chi connectivity index (χ3n) is 4.32. The van der Waals surface area contributed by atoms with Crippen molar-refractivity contribution in [3.63, 3.8) is 0 Å². The Kier molecular flexibility index (Phi) is 5.93. The largest absolute Gasteiger partial charge is 0.508 e. The van der Waals surface area contributed by atoms with Gasteiger partial charge in [-0.25, -0.2) is 15.0 Å². The number of allylic oxidation sites excluding steroid dienone is 3. The molecule has 0 amide bonds. The molecule has 0 unspecified atom stereocenters. The fraction of sp³-hybridized carbons (Fsp3) is 0.286. The topological polar surface area (TPSA) is 89.0 Å². The molecule has 3 heterocycles. The SMILES string of the molecule is C=C/C(O)=C\C=C(/C)CCNc1nc(-c2ccoc2)nc2c1ncn2C(C)C. The van der Waals surface area contributed by atoms with Crippen molar-refractivity contribution in [3.05, 3.63) is 61.1 Å². The molecular formula is C21H25N5O2. The van der Waals surface area contributed by atoms with E-state index in [1.807, 2.05) is 23.6 Å². The number of aliphatic hydroxyl groups excluding tert-OH is 1. The standard InChI is InChI=1S/C21H25N5O2/c1-5-17(27)7-6-15(4)8-10-22-20-18-21(26(13-23-18)14(2)3)25-19(24-20)16-9-11-28-12-16/h5-7,9,11-14,27H,1,8,10H2,2-4H3,(H,22,24,25)/b15-6+,17-7+. The predicted octanol–water partition coefficient (Wildman–Crippen LogP) is 5.04. The molecule has 0 fully saturated rings. The Bertz CT molecular complexity index is 1010.